The largest absolute Gasteiger partial charge is 0.342 e. The molecule has 1 aromatic carbocycles. The first-order chi connectivity index (χ1) is 12.7. The Hall–Kier alpha value is -2.69. The molecule has 1 aromatic heterocycles. The van der Waals surface area contributed by atoms with Gasteiger partial charge >= 0.3 is 0 Å². The summed E-state index contributed by atoms with van der Waals surface area (Å²) in [7, 11) is 0. The number of hydrogen-bond donors (Lipinski definition) is 1. The van der Waals surface area contributed by atoms with Crippen LogP contribution in [0.4, 0.5) is 0 Å². The normalized spacial score (nSPS) is 20.7. The molecule has 2 heterocycles. The predicted molar refractivity (Wildman–Crippen MR) is 99.4 cm³/mol. The average Bonchev–Trinajstić information content (AvgIpc) is 3.34. The van der Waals surface area contributed by atoms with E-state index >= 15 is 0 Å². The van der Waals surface area contributed by atoms with E-state index < -0.39 is 0 Å². The van der Waals surface area contributed by atoms with Crippen LogP contribution in [0.5, 0.6) is 0 Å². The van der Waals surface area contributed by atoms with E-state index in [0.29, 0.717) is 24.5 Å². The average molecular weight is 349 g/mol. The maximum Gasteiger partial charge on any atom is 0.227 e. The maximum absolute atomic E-state index is 12.9. The van der Waals surface area contributed by atoms with Crippen molar-refractivity contribution in [3.8, 4) is 0 Å². The van der Waals surface area contributed by atoms with Gasteiger partial charge in [0.15, 0.2) is 5.78 Å². The van der Waals surface area contributed by atoms with Gasteiger partial charge in [0, 0.05) is 42.9 Å². The Bertz CT molecular complexity index is 824. The predicted octanol–water partition coefficient (Wildman–Crippen LogP) is 3.32. The number of allylic oxidation sites excluding steroid dienone is 1. The van der Waals surface area contributed by atoms with Crippen LogP contribution in [0.3, 0.4) is 0 Å². The number of ketones is 1. The van der Waals surface area contributed by atoms with Gasteiger partial charge in [-0.05, 0) is 36.5 Å². The molecule has 0 spiro atoms. The molecule has 0 radical (unpaired) electrons. The number of piperidine rings is 1. The third-order valence-electron chi connectivity index (χ3n) is 5.49. The smallest absolute Gasteiger partial charge is 0.227 e. The van der Waals surface area contributed by atoms with E-state index in [1.54, 1.807) is 6.20 Å². The number of likely N-dealkylation sites (tertiary alicyclic amines) is 1. The van der Waals surface area contributed by atoms with Crippen molar-refractivity contribution in [3.63, 3.8) is 0 Å². The second-order valence-corrected chi connectivity index (χ2v) is 7.11. The van der Waals surface area contributed by atoms with Crippen LogP contribution < -0.4 is 0 Å². The van der Waals surface area contributed by atoms with Gasteiger partial charge in [-0.1, -0.05) is 30.3 Å². The molecule has 1 aliphatic carbocycles. The number of hydrogen-bond acceptors (Lipinski definition) is 3. The zero-order valence-corrected chi connectivity index (χ0v) is 14.8. The highest BCUT2D eigenvalue weighted by atomic mass is 16.2. The van der Waals surface area contributed by atoms with Gasteiger partial charge in [-0.3, -0.25) is 14.7 Å². The minimum absolute atomic E-state index is 0.0629. The molecule has 0 unspecified atom stereocenters. The fraction of sp³-hybridized carbons (Fsp3) is 0.381. The zero-order chi connectivity index (χ0) is 17.9. The molecule has 1 aliphatic heterocycles. The van der Waals surface area contributed by atoms with Crippen LogP contribution in [0.2, 0.25) is 0 Å². The summed E-state index contributed by atoms with van der Waals surface area (Å²) in [6.45, 7) is 1.47. The summed E-state index contributed by atoms with van der Waals surface area (Å²) in [5, 5.41) is 7.05. The lowest BCUT2D eigenvalue weighted by molar-refractivity contribution is -0.132. The molecule has 0 bridgehead atoms. The van der Waals surface area contributed by atoms with E-state index in [4.69, 9.17) is 0 Å². The van der Waals surface area contributed by atoms with Crippen molar-refractivity contribution < 1.29 is 9.59 Å². The molecule has 2 aromatic rings. The monoisotopic (exact) mass is 349 g/mol. The summed E-state index contributed by atoms with van der Waals surface area (Å²) in [6.07, 6.45) is 5.27. The van der Waals surface area contributed by atoms with Crippen molar-refractivity contribution in [3.05, 3.63) is 59.4 Å². The lowest BCUT2D eigenvalue weighted by Crippen LogP contribution is -2.39. The first-order valence-electron chi connectivity index (χ1n) is 9.30. The Morgan fingerprint density at radius 3 is 2.81 bits per heavy atom. The number of nitrogens with one attached hydrogen (secondary N) is 1. The van der Waals surface area contributed by atoms with Crippen molar-refractivity contribution in [1.29, 1.82) is 0 Å². The third kappa shape index (κ3) is 3.34. The Morgan fingerprint density at radius 2 is 2.04 bits per heavy atom. The minimum Gasteiger partial charge on any atom is -0.342 e. The summed E-state index contributed by atoms with van der Waals surface area (Å²) in [6, 6.07) is 11.9. The van der Waals surface area contributed by atoms with Crippen molar-refractivity contribution in [2.24, 2.45) is 0 Å². The molecular formula is C21H23N3O2. The maximum atomic E-state index is 12.9. The second-order valence-electron chi connectivity index (χ2n) is 7.11. The van der Waals surface area contributed by atoms with Gasteiger partial charge in [0.1, 0.15) is 0 Å². The standard InChI is InChI=1S/C21H23N3O2/c25-20-9-8-17(15-5-2-1-3-6-15)18(20)13-21(26)24-12-4-7-16(14-24)19-10-11-22-23-19/h1-3,5-6,10-11,16H,4,7-9,12-14H2,(H,22,23)/t16-/m1/s1. The van der Waals surface area contributed by atoms with Crippen molar-refractivity contribution >= 4 is 17.3 Å². The van der Waals surface area contributed by atoms with Gasteiger partial charge in [-0.25, -0.2) is 0 Å². The highest BCUT2D eigenvalue weighted by Crippen LogP contribution is 2.34. The Morgan fingerprint density at radius 1 is 1.19 bits per heavy atom. The molecule has 2 aliphatic rings. The molecule has 1 amide bonds. The number of aromatic amines is 1. The molecule has 5 heteroatoms. The number of benzene rings is 1. The van der Waals surface area contributed by atoms with Crippen LogP contribution in [0.15, 0.2) is 48.2 Å². The molecule has 4 rings (SSSR count). The van der Waals surface area contributed by atoms with Crippen LogP contribution in [0.25, 0.3) is 5.57 Å². The lowest BCUT2D eigenvalue weighted by atomic mass is 9.94. The molecule has 1 saturated heterocycles. The molecule has 1 fully saturated rings. The highest BCUT2D eigenvalue weighted by molar-refractivity contribution is 6.10. The topological polar surface area (TPSA) is 66.1 Å². The number of Topliss-reactive ketones (excluding diaryl/α,β-unsaturated/α-hetero) is 1. The van der Waals surface area contributed by atoms with Crippen LogP contribution in [-0.4, -0.2) is 39.9 Å². The molecule has 1 atom stereocenters. The summed E-state index contributed by atoms with van der Waals surface area (Å²) in [4.78, 5) is 27.2. The number of carbonyl (C=O) groups excluding carboxylic acids is 2. The van der Waals surface area contributed by atoms with Crippen LogP contribution in [0, 0.1) is 0 Å². The fourth-order valence-electron chi connectivity index (χ4n) is 4.09. The fourth-order valence-corrected chi connectivity index (χ4v) is 4.09. The number of aromatic nitrogens is 2. The van der Waals surface area contributed by atoms with Crippen molar-refractivity contribution in [2.75, 3.05) is 13.1 Å². The van der Waals surface area contributed by atoms with E-state index in [-0.39, 0.29) is 18.1 Å². The molecule has 0 saturated carbocycles. The first-order valence-corrected chi connectivity index (χ1v) is 9.30. The number of nitrogens with zero attached hydrogens (tertiary/aromatic N) is 2. The molecule has 5 nitrogen and oxygen atoms in total. The molecule has 1 N–H and O–H groups in total. The third-order valence-corrected chi connectivity index (χ3v) is 5.49. The lowest BCUT2D eigenvalue weighted by Gasteiger charge is -2.32. The van der Waals surface area contributed by atoms with Crippen LogP contribution in [0.1, 0.15) is 49.3 Å². The van der Waals surface area contributed by atoms with Crippen molar-refractivity contribution in [1.82, 2.24) is 15.1 Å². The first kappa shape index (κ1) is 16.8. The number of amides is 1. The zero-order valence-electron chi connectivity index (χ0n) is 14.8. The quantitative estimate of drug-likeness (QED) is 0.921. The molecule has 26 heavy (non-hydrogen) atoms. The summed E-state index contributed by atoms with van der Waals surface area (Å²) >= 11 is 0. The molecular weight excluding hydrogens is 326 g/mol. The number of H-pyrrole nitrogens is 1. The van der Waals surface area contributed by atoms with Gasteiger partial charge in [0.05, 0.1) is 6.42 Å². The Labute approximate surface area is 153 Å². The van der Waals surface area contributed by atoms with E-state index in [0.717, 1.165) is 42.6 Å². The summed E-state index contributed by atoms with van der Waals surface area (Å²) in [5.74, 6) is 0.490. The number of rotatable bonds is 4. The van der Waals surface area contributed by atoms with Gasteiger partial charge in [-0.15, -0.1) is 0 Å². The second kappa shape index (κ2) is 7.28. The highest BCUT2D eigenvalue weighted by Gasteiger charge is 2.30. The van der Waals surface area contributed by atoms with Crippen molar-refractivity contribution in [2.45, 2.75) is 38.0 Å². The van der Waals surface area contributed by atoms with Crippen LogP contribution >= 0.6 is 0 Å². The SMILES string of the molecule is O=C1CCC(c2ccccc2)=C1CC(=O)N1CCC[C@@H](c2ccn[nH]2)C1. The Kier molecular flexibility index (Phi) is 4.69. The van der Waals surface area contributed by atoms with E-state index in [2.05, 4.69) is 10.2 Å². The number of carbonyl (C=O) groups is 2. The van der Waals surface area contributed by atoms with Gasteiger partial charge in [0.2, 0.25) is 5.91 Å². The van der Waals surface area contributed by atoms with Crippen LogP contribution in [-0.2, 0) is 9.59 Å². The van der Waals surface area contributed by atoms with Gasteiger partial charge < -0.3 is 4.90 Å². The van der Waals surface area contributed by atoms with Gasteiger partial charge in [-0.2, -0.15) is 5.10 Å². The summed E-state index contributed by atoms with van der Waals surface area (Å²) < 4.78 is 0. The van der Waals surface area contributed by atoms with E-state index in [1.165, 1.54) is 0 Å². The van der Waals surface area contributed by atoms with E-state index in [1.807, 2.05) is 41.3 Å². The summed E-state index contributed by atoms with van der Waals surface area (Å²) in [5.41, 5.74) is 3.91. The van der Waals surface area contributed by atoms with E-state index in [9.17, 15) is 9.59 Å². The minimum atomic E-state index is 0.0629. The Balaban J connectivity index is 1.50. The molecule has 134 valence electrons. The van der Waals surface area contributed by atoms with Gasteiger partial charge in [0.25, 0.3) is 0 Å².